The van der Waals surface area contributed by atoms with Crippen molar-refractivity contribution < 1.29 is 33.3 Å². The van der Waals surface area contributed by atoms with Gasteiger partial charge in [0.2, 0.25) is 11.5 Å². The van der Waals surface area contributed by atoms with Crippen LogP contribution < -0.4 is 20.9 Å². The van der Waals surface area contributed by atoms with Crippen LogP contribution in [0.4, 0.5) is 9.18 Å². The predicted octanol–water partition coefficient (Wildman–Crippen LogP) is 4.48. The number of nitrogens with zero attached hydrogens (tertiary/aromatic N) is 1. The fraction of sp³-hybridized carbons (Fsp3) is 0.296. The fourth-order valence-electron chi connectivity index (χ4n) is 4.95. The highest BCUT2D eigenvalue weighted by Gasteiger charge is 2.61. The van der Waals surface area contributed by atoms with E-state index in [0.29, 0.717) is 0 Å². The maximum atomic E-state index is 15.8. The van der Waals surface area contributed by atoms with Crippen LogP contribution in [0.3, 0.4) is 0 Å². The van der Waals surface area contributed by atoms with Crippen LogP contribution in [0.15, 0.2) is 48.7 Å². The van der Waals surface area contributed by atoms with E-state index < -0.39 is 41.0 Å². The molecule has 200 valence electrons. The van der Waals surface area contributed by atoms with Gasteiger partial charge < -0.3 is 30.8 Å². The Balaban J connectivity index is 2.09. The third-order valence-electron chi connectivity index (χ3n) is 6.43. The summed E-state index contributed by atoms with van der Waals surface area (Å²) >= 11 is 6.60. The van der Waals surface area contributed by atoms with Crippen LogP contribution in [-0.4, -0.2) is 35.3 Å². The molecule has 9 nitrogen and oxygen atoms in total. The van der Waals surface area contributed by atoms with Crippen molar-refractivity contribution >= 4 is 23.6 Å². The first-order valence-electron chi connectivity index (χ1n) is 11.6. The van der Waals surface area contributed by atoms with Crippen molar-refractivity contribution in [3.8, 4) is 22.6 Å². The quantitative estimate of drug-likeness (QED) is 0.415. The van der Waals surface area contributed by atoms with E-state index in [0.717, 1.165) is 0 Å². The van der Waals surface area contributed by atoms with Gasteiger partial charge in [-0.1, -0.05) is 38.4 Å². The van der Waals surface area contributed by atoms with Gasteiger partial charge in [0, 0.05) is 33.3 Å². The van der Waals surface area contributed by atoms with Gasteiger partial charge in [0.25, 0.3) is 0 Å². The minimum atomic E-state index is -1.83. The molecule has 3 atom stereocenters. The molecule has 4 rings (SSSR count). The van der Waals surface area contributed by atoms with Gasteiger partial charge in [-0.3, -0.25) is 9.78 Å². The molecule has 0 bridgehead atoms. The van der Waals surface area contributed by atoms with Gasteiger partial charge in [-0.05, 0) is 36.4 Å². The van der Waals surface area contributed by atoms with E-state index in [4.69, 9.17) is 37.3 Å². The first-order chi connectivity index (χ1) is 17.8. The third kappa shape index (κ3) is 4.29. The number of rotatable bonds is 6. The minimum Gasteiger partial charge on any atom is -0.494 e. The molecule has 3 unspecified atom stereocenters. The second kappa shape index (κ2) is 9.77. The molecule has 11 heteroatoms. The molecule has 3 aromatic rings. The standard InChI is InChI=1S/C27H27ClFN3O6/c1-26(2,3)24(37-25(31)35)27(17-7-5-6-12-32-17)22(33)20-15(38-27)11-9-14(28)19(20)18-13(23(30)34)8-10-16(36-4)21(18)29/h5-12,22,24,33H,1-4H3,(H2,30,34)(H2,31,35). The Labute approximate surface area is 223 Å². The zero-order chi connectivity index (χ0) is 28.0. The molecule has 0 saturated carbocycles. The highest BCUT2D eigenvalue weighted by Crippen LogP contribution is 2.58. The number of benzene rings is 2. The van der Waals surface area contributed by atoms with Crippen molar-refractivity contribution in [3.05, 3.63) is 76.3 Å². The Morgan fingerprint density at radius 2 is 1.87 bits per heavy atom. The van der Waals surface area contributed by atoms with Gasteiger partial charge in [0.15, 0.2) is 17.7 Å². The van der Waals surface area contributed by atoms with Crippen molar-refractivity contribution in [2.24, 2.45) is 16.9 Å². The molecule has 38 heavy (non-hydrogen) atoms. The number of carbonyl (C=O) groups excluding carboxylic acids is 2. The molecule has 0 saturated heterocycles. The lowest BCUT2D eigenvalue weighted by molar-refractivity contribution is -0.154. The number of halogens is 2. The van der Waals surface area contributed by atoms with Crippen LogP contribution in [0, 0.1) is 11.2 Å². The number of hydrogen-bond acceptors (Lipinski definition) is 7. The first kappa shape index (κ1) is 27.2. The number of aliphatic hydroxyl groups is 1. The molecule has 5 N–H and O–H groups in total. The number of primary amides is 2. The molecular formula is C27H27ClFN3O6. The number of aliphatic hydroxyl groups excluding tert-OH is 1. The second-order valence-corrected chi connectivity index (χ2v) is 10.3. The highest BCUT2D eigenvalue weighted by molar-refractivity contribution is 6.34. The van der Waals surface area contributed by atoms with Gasteiger partial charge in [-0.15, -0.1) is 0 Å². The normalized spacial score (nSPS) is 19.3. The van der Waals surface area contributed by atoms with E-state index in [1.54, 1.807) is 39.0 Å². The third-order valence-corrected chi connectivity index (χ3v) is 6.75. The van der Waals surface area contributed by atoms with E-state index in [2.05, 4.69) is 4.98 Å². The second-order valence-electron chi connectivity index (χ2n) is 9.90. The lowest BCUT2D eigenvalue weighted by atomic mass is 9.72. The number of pyridine rings is 1. The van der Waals surface area contributed by atoms with Gasteiger partial charge in [-0.2, -0.15) is 0 Å². The van der Waals surface area contributed by atoms with E-state index in [1.165, 1.54) is 37.6 Å². The number of methoxy groups -OCH3 is 1. The monoisotopic (exact) mass is 543 g/mol. The molecule has 1 aliphatic rings. The number of ether oxygens (including phenoxy) is 3. The molecule has 1 aliphatic heterocycles. The van der Waals surface area contributed by atoms with Crippen LogP contribution in [-0.2, 0) is 10.3 Å². The number of fused-ring (bicyclic) bond motifs is 1. The van der Waals surface area contributed by atoms with Crippen molar-refractivity contribution in [1.29, 1.82) is 0 Å². The zero-order valence-electron chi connectivity index (χ0n) is 21.1. The van der Waals surface area contributed by atoms with E-state index in [-0.39, 0.29) is 44.5 Å². The molecule has 2 amide bonds. The Hall–Kier alpha value is -3.89. The number of hydrogen-bond donors (Lipinski definition) is 3. The van der Waals surface area contributed by atoms with Crippen LogP contribution in [0.5, 0.6) is 11.5 Å². The summed E-state index contributed by atoms with van der Waals surface area (Å²) in [4.78, 5) is 28.8. The summed E-state index contributed by atoms with van der Waals surface area (Å²) in [6.45, 7) is 5.31. The first-order valence-corrected chi connectivity index (χ1v) is 12.0. The van der Waals surface area contributed by atoms with Gasteiger partial charge in [0.05, 0.1) is 18.4 Å². The summed E-state index contributed by atoms with van der Waals surface area (Å²) in [5, 5.41) is 12.1. The Morgan fingerprint density at radius 1 is 1.16 bits per heavy atom. The Morgan fingerprint density at radius 3 is 2.42 bits per heavy atom. The number of nitrogens with two attached hydrogens (primary N) is 2. The lowest BCUT2D eigenvalue weighted by Gasteiger charge is -2.43. The summed E-state index contributed by atoms with van der Waals surface area (Å²) in [7, 11) is 1.27. The van der Waals surface area contributed by atoms with Crippen molar-refractivity contribution in [2.75, 3.05) is 7.11 Å². The number of amides is 2. The van der Waals surface area contributed by atoms with Crippen LogP contribution in [0.25, 0.3) is 11.1 Å². The molecular weight excluding hydrogens is 517 g/mol. The van der Waals surface area contributed by atoms with E-state index >= 15 is 4.39 Å². The molecule has 0 spiro atoms. The molecule has 1 aromatic heterocycles. The fourth-order valence-corrected chi connectivity index (χ4v) is 5.21. The molecule has 0 radical (unpaired) electrons. The molecule has 0 fully saturated rings. The van der Waals surface area contributed by atoms with Gasteiger partial charge in [0.1, 0.15) is 11.9 Å². The maximum Gasteiger partial charge on any atom is 0.404 e. The number of carbonyl (C=O) groups is 2. The van der Waals surface area contributed by atoms with Crippen LogP contribution in [0.2, 0.25) is 5.02 Å². The zero-order valence-corrected chi connectivity index (χ0v) is 21.9. The van der Waals surface area contributed by atoms with Crippen molar-refractivity contribution in [1.82, 2.24) is 4.98 Å². The van der Waals surface area contributed by atoms with Crippen molar-refractivity contribution in [3.63, 3.8) is 0 Å². The van der Waals surface area contributed by atoms with Crippen LogP contribution in [0.1, 0.15) is 48.5 Å². The average Bonchev–Trinajstić information content (AvgIpc) is 3.15. The SMILES string of the molecule is COc1ccc(C(N)=O)c(-c2c(Cl)ccc3c2C(O)C(c2ccccn2)(C(OC(N)=O)C(C)(C)C)O3)c1F. The largest absolute Gasteiger partial charge is 0.494 e. The Kier molecular flexibility index (Phi) is 6.98. The maximum absolute atomic E-state index is 15.8. The van der Waals surface area contributed by atoms with Crippen molar-refractivity contribution in [2.45, 2.75) is 38.6 Å². The lowest BCUT2D eigenvalue weighted by Crippen LogP contribution is -2.55. The molecule has 2 heterocycles. The summed E-state index contributed by atoms with van der Waals surface area (Å²) < 4.78 is 32.9. The van der Waals surface area contributed by atoms with Crippen LogP contribution >= 0.6 is 11.6 Å². The minimum absolute atomic E-state index is 0.000928. The van der Waals surface area contributed by atoms with E-state index in [9.17, 15) is 14.7 Å². The van der Waals surface area contributed by atoms with Gasteiger partial charge >= 0.3 is 6.09 Å². The predicted molar refractivity (Wildman–Crippen MR) is 137 cm³/mol. The summed E-state index contributed by atoms with van der Waals surface area (Å²) in [5.41, 5.74) is 8.09. The number of aromatic nitrogens is 1. The Bertz CT molecular complexity index is 1410. The summed E-state index contributed by atoms with van der Waals surface area (Å²) in [6.07, 6.45) is -2.43. The highest BCUT2D eigenvalue weighted by atomic mass is 35.5. The summed E-state index contributed by atoms with van der Waals surface area (Å²) in [5.74, 6) is -1.91. The topological polar surface area (TPSA) is 147 Å². The molecule has 0 aliphatic carbocycles. The van der Waals surface area contributed by atoms with E-state index in [1.807, 2.05) is 0 Å². The summed E-state index contributed by atoms with van der Waals surface area (Å²) in [6, 6.07) is 10.4. The molecule has 2 aromatic carbocycles. The average molecular weight is 544 g/mol. The van der Waals surface area contributed by atoms with Gasteiger partial charge in [-0.25, -0.2) is 9.18 Å². The smallest absolute Gasteiger partial charge is 0.404 e.